The molecular formula is C12H16N4OS. The Morgan fingerprint density at radius 2 is 2.11 bits per heavy atom. The lowest BCUT2D eigenvalue weighted by atomic mass is 9.95. The fraction of sp³-hybridized carbons (Fsp3) is 0.333. The normalized spacial score (nSPS) is 11.6. The van der Waals surface area contributed by atoms with Crippen LogP contribution in [0.15, 0.2) is 18.2 Å². The molecule has 0 bridgehead atoms. The number of nitrogen functional groups attached to an aromatic ring is 1. The van der Waals surface area contributed by atoms with Gasteiger partial charge in [-0.15, -0.1) is 0 Å². The van der Waals surface area contributed by atoms with Crippen LogP contribution in [0.3, 0.4) is 0 Å². The van der Waals surface area contributed by atoms with Crippen LogP contribution in [0, 0.1) is 5.41 Å². The summed E-state index contributed by atoms with van der Waals surface area (Å²) in [6.45, 7) is 5.64. The SMILES string of the molecule is CC(C)(C)C(=O)Nc1ccc2nc(NN)sc2c1. The summed E-state index contributed by atoms with van der Waals surface area (Å²) in [5.74, 6) is 5.31. The van der Waals surface area contributed by atoms with Gasteiger partial charge in [0.25, 0.3) is 0 Å². The molecule has 1 amide bonds. The molecule has 2 rings (SSSR count). The third-order valence-corrected chi connectivity index (χ3v) is 3.40. The second kappa shape index (κ2) is 4.55. The molecule has 18 heavy (non-hydrogen) atoms. The van der Waals surface area contributed by atoms with Crippen LogP contribution in [0.25, 0.3) is 10.2 Å². The van der Waals surface area contributed by atoms with Crippen molar-refractivity contribution in [3.63, 3.8) is 0 Å². The van der Waals surface area contributed by atoms with Crippen molar-refractivity contribution in [1.82, 2.24) is 4.98 Å². The minimum absolute atomic E-state index is 0.0106. The van der Waals surface area contributed by atoms with Crippen molar-refractivity contribution in [2.24, 2.45) is 11.3 Å². The summed E-state index contributed by atoms with van der Waals surface area (Å²) in [6.07, 6.45) is 0. The maximum atomic E-state index is 11.9. The maximum Gasteiger partial charge on any atom is 0.229 e. The first-order valence-corrected chi connectivity index (χ1v) is 6.40. The number of carbonyl (C=O) groups is 1. The minimum Gasteiger partial charge on any atom is -0.326 e. The lowest BCUT2D eigenvalue weighted by Crippen LogP contribution is -2.27. The van der Waals surface area contributed by atoms with Crippen LogP contribution < -0.4 is 16.6 Å². The summed E-state index contributed by atoms with van der Waals surface area (Å²) in [7, 11) is 0. The van der Waals surface area contributed by atoms with E-state index in [-0.39, 0.29) is 5.91 Å². The van der Waals surface area contributed by atoms with Gasteiger partial charge in [-0.1, -0.05) is 32.1 Å². The van der Waals surface area contributed by atoms with Crippen molar-refractivity contribution in [2.75, 3.05) is 10.7 Å². The van der Waals surface area contributed by atoms with E-state index in [0.717, 1.165) is 15.9 Å². The lowest BCUT2D eigenvalue weighted by Gasteiger charge is -2.17. The van der Waals surface area contributed by atoms with E-state index in [1.807, 2.05) is 39.0 Å². The highest BCUT2D eigenvalue weighted by Crippen LogP contribution is 2.28. The molecule has 0 fully saturated rings. The highest BCUT2D eigenvalue weighted by molar-refractivity contribution is 7.22. The summed E-state index contributed by atoms with van der Waals surface area (Å²) < 4.78 is 0.981. The number of anilines is 2. The standard InChI is InChI=1S/C12H16N4OS/c1-12(2,3)10(17)14-7-4-5-8-9(6-7)18-11(15-8)16-13/h4-6H,13H2,1-3H3,(H,14,17)(H,15,16). The summed E-state index contributed by atoms with van der Waals surface area (Å²) >= 11 is 1.45. The van der Waals surface area contributed by atoms with Gasteiger partial charge in [-0.3, -0.25) is 10.2 Å². The molecule has 5 nitrogen and oxygen atoms in total. The number of nitrogens with one attached hydrogen (secondary N) is 2. The molecule has 4 N–H and O–H groups in total. The van der Waals surface area contributed by atoms with Crippen molar-refractivity contribution < 1.29 is 4.79 Å². The number of amides is 1. The van der Waals surface area contributed by atoms with E-state index < -0.39 is 5.41 Å². The van der Waals surface area contributed by atoms with Crippen LogP contribution in [-0.4, -0.2) is 10.9 Å². The van der Waals surface area contributed by atoms with E-state index in [9.17, 15) is 4.79 Å². The Hall–Kier alpha value is -1.66. The Morgan fingerprint density at radius 3 is 2.72 bits per heavy atom. The predicted octanol–water partition coefficient (Wildman–Crippen LogP) is 2.57. The number of fused-ring (bicyclic) bond motifs is 1. The number of carbonyl (C=O) groups excluding carboxylic acids is 1. The molecule has 0 unspecified atom stereocenters. The molecule has 0 aliphatic rings. The molecule has 1 aromatic heterocycles. The van der Waals surface area contributed by atoms with Crippen molar-refractivity contribution in [3.8, 4) is 0 Å². The monoisotopic (exact) mass is 264 g/mol. The fourth-order valence-corrected chi connectivity index (χ4v) is 2.20. The second-order valence-electron chi connectivity index (χ2n) is 5.05. The highest BCUT2D eigenvalue weighted by Gasteiger charge is 2.21. The molecule has 0 aliphatic heterocycles. The first-order valence-electron chi connectivity index (χ1n) is 5.59. The molecule has 1 aromatic carbocycles. The molecule has 0 aliphatic carbocycles. The number of thiazole rings is 1. The van der Waals surface area contributed by atoms with Gasteiger partial charge < -0.3 is 5.32 Å². The smallest absolute Gasteiger partial charge is 0.229 e. The first-order chi connectivity index (χ1) is 8.40. The van der Waals surface area contributed by atoms with Gasteiger partial charge >= 0.3 is 0 Å². The van der Waals surface area contributed by atoms with Crippen LogP contribution >= 0.6 is 11.3 Å². The summed E-state index contributed by atoms with van der Waals surface area (Å²) in [4.78, 5) is 16.1. The van der Waals surface area contributed by atoms with Gasteiger partial charge in [0, 0.05) is 11.1 Å². The van der Waals surface area contributed by atoms with Gasteiger partial charge in [-0.25, -0.2) is 10.8 Å². The van der Waals surface area contributed by atoms with E-state index in [4.69, 9.17) is 5.84 Å². The fourth-order valence-electron chi connectivity index (χ4n) is 1.38. The Labute approximate surface area is 109 Å². The van der Waals surface area contributed by atoms with Crippen LogP contribution in [0.5, 0.6) is 0 Å². The van der Waals surface area contributed by atoms with E-state index >= 15 is 0 Å². The zero-order valence-corrected chi connectivity index (χ0v) is 11.4. The van der Waals surface area contributed by atoms with Gasteiger partial charge in [-0.05, 0) is 18.2 Å². The first kappa shape index (κ1) is 12.8. The maximum absolute atomic E-state index is 11.9. The molecule has 6 heteroatoms. The van der Waals surface area contributed by atoms with Crippen LogP contribution in [0.1, 0.15) is 20.8 Å². The molecular weight excluding hydrogens is 248 g/mol. The van der Waals surface area contributed by atoms with Gasteiger partial charge in [0.2, 0.25) is 5.91 Å². The third kappa shape index (κ3) is 2.60. The van der Waals surface area contributed by atoms with Gasteiger partial charge in [-0.2, -0.15) is 0 Å². The second-order valence-corrected chi connectivity index (χ2v) is 6.08. The zero-order chi connectivity index (χ0) is 13.3. The van der Waals surface area contributed by atoms with Crippen LogP contribution in [0.4, 0.5) is 10.8 Å². The molecule has 2 aromatic rings. The minimum atomic E-state index is -0.410. The molecule has 96 valence electrons. The summed E-state index contributed by atoms with van der Waals surface area (Å²) in [6, 6.07) is 5.61. The number of nitrogens with two attached hydrogens (primary N) is 1. The van der Waals surface area contributed by atoms with Gasteiger partial charge in [0.05, 0.1) is 10.2 Å². The van der Waals surface area contributed by atoms with Gasteiger partial charge in [0.15, 0.2) is 5.13 Å². The van der Waals surface area contributed by atoms with Crippen LogP contribution in [-0.2, 0) is 4.79 Å². The van der Waals surface area contributed by atoms with Gasteiger partial charge in [0.1, 0.15) is 0 Å². The Balaban J connectivity index is 2.27. The van der Waals surface area contributed by atoms with Crippen molar-refractivity contribution in [1.29, 1.82) is 0 Å². The summed E-state index contributed by atoms with van der Waals surface area (Å²) in [5, 5.41) is 3.55. The molecule has 0 atom stereocenters. The van der Waals surface area contributed by atoms with Crippen molar-refractivity contribution in [2.45, 2.75) is 20.8 Å². The number of hydrogen-bond donors (Lipinski definition) is 3. The largest absolute Gasteiger partial charge is 0.326 e. The van der Waals surface area contributed by atoms with Crippen molar-refractivity contribution in [3.05, 3.63) is 18.2 Å². The van der Waals surface area contributed by atoms with Crippen molar-refractivity contribution >= 4 is 38.3 Å². The number of hydrazine groups is 1. The molecule has 1 heterocycles. The molecule has 0 radical (unpaired) electrons. The Bertz CT molecular complexity index is 585. The number of nitrogens with zero attached hydrogens (tertiary/aromatic N) is 1. The van der Waals surface area contributed by atoms with E-state index in [1.54, 1.807) is 0 Å². The van der Waals surface area contributed by atoms with Crippen LogP contribution in [0.2, 0.25) is 0 Å². The number of rotatable bonds is 2. The topological polar surface area (TPSA) is 80.0 Å². The highest BCUT2D eigenvalue weighted by atomic mass is 32.1. The number of benzene rings is 1. The predicted molar refractivity (Wildman–Crippen MR) is 75.5 cm³/mol. The average Bonchev–Trinajstić information content (AvgIpc) is 2.69. The quantitative estimate of drug-likeness (QED) is 0.575. The molecule has 0 saturated heterocycles. The number of aromatic nitrogens is 1. The van der Waals surface area contributed by atoms with E-state index in [0.29, 0.717) is 5.13 Å². The number of hydrogen-bond acceptors (Lipinski definition) is 5. The molecule has 0 saturated carbocycles. The van der Waals surface area contributed by atoms with E-state index in [2.05, 4.69) is 15.7 Å². The molecule has 0 spiro atoms. The lowest BCUT2D eigenvalue weighted by molar-refractivity contribution is -0.123. The Morgan fingerprint density at radius 1 is 1.39 bits per heavy atom. The Kier molecular flexibility index (Phi) is 3.23. The zero-order valence-electron chi connectivity index (χ0n) is 10.6. The summed E-state index contributed by atoms with van der Waals surface area (Å²) in [5.41, 5.74) is 3.75. The third-order valence-electron chi connectivity index (χ3n) is 2.45. The average molecular weight is 264 g/mol. The van der Waals surface area contributed by atoms with E-state index in [1.165, 1.54) is 11.3 Å².